The second-order valence-corrected chi connectivity index (χ2v) is 6.95. The lowest BCUT2D eigenvalue weighted by Crippen LogP contribution is -2.30. The molecule has 0 saturated carbocycles. The average molecular weight is 310 g/mol. The van der Waals surface area contributed by atoms with E-state index in [1.165, 1.54) is 27.9 Å². The highest BCUT2D eigenvalue weighted by atomic mass is 35.5. The topological polar surface area (TPSA) is 12.0 Å². The Balaban J connectivity index is 1.84. The molecule has 0 radical (unpaired) electrons. The first-order valence-corrected chi connectivity index (χ1v) is 8.31. The van der Waals surface area contributed by atoms with Gasteiger partial charge in [-0.05, 0) is 60.6 Å². The van der Waals surface area contributed by atoms with Crippen LogP contribution in [0.5, 0.6) is 0 Å². The first-order valence-electron chi connectivity index (χ1n) is 7.94. The number of anilines is 1. The van der Waals surface area contributed by atoms with Crippen molar-refractivity contribution in [2.75, 3.05) is 5.32 Å². The SMILES string of the molecule is Cc1ccc(C)c2c1NC(c1ccc(Cl)cc1)C1CC=CC21. The highest BCUT2D eigenvalue weighted by molar-refractivity contribution is 6.30. The van der Waals surface area contributed by atoms with E-state index in [2.05, 4.69) is 55.6 Å². The van der Waals surface area contributed by atoms with Gasteiger partial charge in [-0.3, -0.25) is 0 Å². The van der Waals surface area contributed by atoms with E-state index in [0.717, 1.165) is 11.4 Å². The summed E-state index contributed by atoms with van der Waals surface area (Å²) in [5.41, 5.74) is 6.87. The Hall–Kier alpha value is -1.73. The maximum absolute atomic E-state index is 6.06. The number of benzene rings is 2. The third-order valence-corrected chi connectivity index (χ3v) is 5.43. The molecule has 112 valence electrons. The normalized spacial score (nSPS) is 25.5. The van der Waals surface area contributed by atoms with Crippen molar-refractivity contribution in [3.63, 3.8) is 0 Å². The fraction of sp³-hybridized carbons (Fsp3) is 0.300. The van der Waals surface area contributed by atoms with Gasteiger partial charge in [0.2, 0.25) is 0 Å². The molecule has 2 aromatic carbocycles. The highest BCUT2D eigenvalue weighted by Crippen LogP contribution is 2.51. The molecule has 1 heterocycles. The molecule has 1 aliphatic carbocycles. The lowest BCUT2D eigenvalue weighted by atomic mass is 9.75. The summed E-state index contributed by atoms with van der Waals surface area (Å²) in [6.07, 6.45) is 5.88. The molecule has 2 aromatic rings. The fourth-order valence-corrected chi connectivity index (χ4v) is 4.17. The molecule has 22 heavy (non-hydrogen) atoms. The van der Waals surface area contributed by atoms with Crippen molar-refractivity contribution in [1.29, 1.82) is 0 Å². The second-order valence-electron chi connectivity index (χ2n) is 6.52. The maximum Gasteiger partial charge on any atom is 0.0554 e. The van der Waals surface area contributed by atoms with Crippen LogP contribution in [-0.2, 0) is 0 Å². The number of aryl methyl sites for hydroxylation is 2. The standard InChI is InChI=1S/C20H20ClN/c1-12-6-7-13(2)19-18(12)16-4-3-5-17(16)20(22-19)14-8-10-15(21)11-9-14/h3-4,6-11,16-17,20,22H,5H2,1-2H3. The van der Waals surface area contributed by atoms with Gasteiger partial charge in [0.15, 0.2) is 0 Å². The molecule has 0 bridgehead atoms. The van der Waals surface area contributed by atoms with Gasteiger partial charge in [0.05, 0.1) is 6.04 Å². The number of allylic oxidation sites excluding steroid dienone is 2. The van der Waals surface area contributed by atoms with Crippen LogP contribution in [0.1, 0.15) is 40.6 Å². The van der Waals surface area contributed by atoms with E-state index in [0.29, 0.717) is 17.9 Å². The predicted octanol–water partition coefficient (Wildman–Crippen LogP) is 5.78. The fourth-order valence-electron chi connectivity index (χ4n) is 4.04. The zero-order valence-corrected chi connectivity index (χ0v) is 13.7. The Bertz CT molecular complexity index is 745. The minimum Gasteiger partial charge on any atom is -0.377 e. The van der Waals surface area contributed by atoms with E-state index in [4.69, 9.17) is 11.6 Å². The van der Waals surface area contributed by atoms with Gasteiger partial charge in [-0.25, -0.2) is 0 Å². The van der Waals surface area contributed by atoms with E-state index in [1.54, 1.807) is 0 Å². The summed E-state index contributed by atoms with van der Waals surface area (Å²) in [4.78, 5) is 0. The molecule has 2 heteroatoms. The zero-order chi connectivity index (χ0) is 15.3. The average Bonchev–Trinajstić information content (AvgIpc) is 3.00. The van der Waals surface area contributed by atoms with E-state index in [9.17, 15) is 0 Å². The molecule has 3 unspecified atom stereocenters. The van der Waals surface area contributed by atoms with E-state index in [1.807, 2.05) is 12.1 Å². The van der Waals surface area contributed by atoms with Crippen LogP contribution in [0.3, 0.4) is 0 Å². The van der Waals surface area contributed by atoms with Crippen molar-refractivity contribution in [1.82, 2.24) is 0 Å². The lowest BCUT2D eigenvalue weighted by Gasteiger charge is -2.39. The summed E-state index contributed by atoms with van der Waals surface area (Å²) >= 11 is 6.06. The smallest absolute Gasteiger partial charge is 0.0554 e. The molecule has 0 amide bonds. The molecule has 2 aliphatic rings. The summed E-state index contributed by atoms with van der Waals surface area (Å²) in [6.45, 7) is 4.43. The molecule has 1 N–H and O–H groups in total. The third kappa shape index (κ3) is 2.07. The number of fused-ring (bicyclic) bond motifs is 3. The Labute approximate surface area is 137 Å². The lowest BCUT2D eigenvalue weighted by molar-refractivity contribution is 0.424. The van der Waals surface area contributed by atoms with Crippen molar-refractivity contribution >= 4 is 17.3 Å². The summed E-state index contributed by atoms with van der Waals surface area (Å²) in [6, 6.07) is 13.1. The molecule has 1 aliphatic heterocycles. The molecule has 0 fully saturated rings. The van der Waals surface area contributed by atoms with Crippen LogP contribution in [0.2, 0.25) is 5.02 Å². The van der Waals surface area contributed by atoms with Crippen LogP contribution in [0.15, 0.2) is 48.6 Å². The Morgan fingerprint density at radius 2 is 1.73 bits per heavy atom. The first-order chi connectivity index (χ1) is 10.6. The Morgan fingerprint density at radius 1 is 1.00 bits per heavy atom. The minimum absolute atomic E-state index is 0.352. The molecule has 1 nitrogen and oxygen atoms in total. The van der Waals surface area contributed by atoms with Gasteiger partial charge in [-0.1, -0.05) is 48.0 Å². The molecule has 3 atom stereocenters. The van der Waals surface area contributed by atoms with Gasteiger partial charge in [-0.15, -0.1) is 0 Å². The number of rotatable bonds is 1. The Morgan fingerprint density at radius 3 is 2.50 bits per heavy atom. The van der Waals surface area contributed by atoms with Gasteiger partial charge in [-0.2, -0.15) is 0 Å². The van der Waals surface area contributed by atoms with Crippen LogP contribution in [0.25, 0.3) is 0 Å². The van der Waals surface area contributed by atoms with Crippen LogP contribution in [0.4, 0.5) is 5.69 Å². The van der Waals surface area contributed by atoms with Crippen LogP contribution >= 0.6 is 11.6 Å². The molecule has 4 rings (SSSR count). The monoisotopic (exact) mass is 309 g/mol. The summed E-state index contributed by atoms with van der Waals surface area (Å²) in [5, 5.41) is 4.63. The van der Waals surface area contributed by atoms with Crippen molar-refractivity contribution in [2.24, 2.45) is 5.92 Å². The largest absolute Gasteiger partial charge is 0.377 e. The minimum atomic E-state index is 0.352. The van der Waals surface area contributed by atoms with Crippen molar-refractivity contribution in [3.8, 4) is 0 Å². The molecule has 0 spiro atoms. The summed E-state index contributed by atoms with van der Waals surface area (Å²) in [5.74, 6) is 1.12. The van der Waals surface area contributed by atoms with E-state index >= 15 is 0 Å². The van der Waals surface area contributed by atoms with E-state index < -0.39 is 0 Å². The van der Waals surface area contributed by atoms with Crippen LogP contribution < -0.4 is 5.32 Å². The highest BCUT2D eigenvalue weighted by Gasteiger charge is 2.39. The number of hydrogen-bond acceptors (Lipinski definition) is 1. The van der Waals surface area contributed by atoms with Crippen molar-refractivity contribution < 1.29 is 0 Å². The van der Waals surface area contributed by atoms with Gasteiger partial charge < -0.3 is 5.32 Å². The third-order valence-electron chi connectivity index (χ3n) is 5.18. The Kier molecular flexibility index (Phi) is 3.27. The van der Waals surface area contributed by atoms with Gasteiger partial charge in [0, 0.05) is 16.6 Å². The predicted molar refractivity (Wildman–Crippen MR) is 93.7 cm³/mol. The first kappa shape index (κ1) is 13.9. The quantitative estimate of drug-likeness (QED) is 0.658. The van der Waals surface area contributed by atoms with Crippen molar-refractivity contribution in [3.05, 3.63) is 75.8 Å². The molecular formula is C20H20ClN. The second kappa shape index (κ2) is 5.17. The summed E-state index contributed by atoms with van der Waals surface area (Å²) in [7, 11) is 0. The maximum atomic E-state index is 6.06. The van der Waals surface area contributed by atoms with Crippen molar-refractivity contribution in [2.45, 2.75) is 32.2 Å². The zero-order valence-electron chi connectivity index (χ0n) is 12.9. The molecule has 0 aromatic heterocycles. The number of halogens is 1. The van der Waals surface area contributed by atoms with Crippen LogP contribution in [0, 0.1) is 19.8 Å². The van der Waals surface area contributed by atoms with Gasteiger partial charge in [0.25, 0.3) is 0 Å². The molecular weight excluding hydrogens is 290 g/mol. The number of hydrogen-bond donors (Lipinski definition) is 1. The summed E-state index contributed by atoms with van der Waals surface area (Å²) < 4.78 is 0. The van der Waals surface area contributed by atoms with Crippen LogP contribution in [-0.4, -0.2) is 0 Å². The van der Waals surface area contributed by atoms with E-state index in [-0.39, 0.29) is 0 Å². The van der Waals surface area contributed by atoms with Gasteiger partial charge in [0.1, 0.15) is 0 Å². The molecule has 0 saturated heterocycles. The van der Waals surface area contributed by atoms with Gasteiger partial charge >= 0.3 is 0 Å². The number of nitrogens with one attached hydrogen (secondary N) is 1.